The van der Waals surface area contributed by atoms with E-state index in [-0.39, 0.29) is 24.7 Å². The predicted octanol–water partition coefficient (Wildman–Crippen LogP) is 5.42. The number of ether oxygens (including phenoxy) is 2. The first-order chi connectivity index (χ1) is 21.2. The average molecular weight is 594 g/mol. The van der Waals surface area contributed by atoms with Crippen LogP contribution in [0, 0.1) is 0 Å². The van der Waals surface area contributed by atoms with Crippen LogP contribution in [0.1, 0.15) is 51.4 Å². The molecule has 0 aliphatic carbocycles. The lowest BCUT2D eigenvalue weighted by atomic mass is 10.0. The molecule has 1 saturated heterocycles. The molecule has 0 spiro atoms. The van der Waals surface area contributed by atoms with Crippen molar-refractivity contribution < 1.29 is 19.4 Å². The van der Waals surface area contributed by atoms with Crippen molar-refractivity contribution in [3.8, 4) is 5.69 Å². The second kappa shape index (κ2) is 13.7. The topological polar surface area (TPSA) is 111 Å². The van der Waals surface area contributed by atoms with E-state index in [9.17, 15) is 9.90 Å². The quantitative estimate of drug-likeness (QED) is 0.207. The number of nitrogens with one attached hydrogen (secondary N) is 1. The molecule has 4 aromatic carbocycles. The minimum atomic E-state index is -0.583. The normalized spacial score (nSPS) is 18.3. The molecule has 43 heavy (non-hydrogen) atoms. The van der Waals surface area contributed by atoms with E-state index in [0.29, 0.717) is 29.4 Å². The highest BCUT2D eigenvalue weighted by Crippen LogP contribution is 2.39. The molecule has 6 rings (SSSR count). The zero-order chi connectivity index (χ0) is 29.4. The second-order valence-corrected chi connectivity index (χ2v) is 11.1. The lowest BCUT2D eigenvalue weighted by Gasteiger charge is -2.36. The van der Waals surface area contributed by atoms with Gasteiger partial charge in [-0.3, -0.25) is 4.79 Å². The van der Waals surface area contributed by atoms with Gasteiger partial charge in [0.2, 0.25) is 5.16 Å². The highest BCUT2D eigenvalue weighted by atomic mass is 32.2. The number of rotatable bonds is 10. The van der Waals surface area contributed by atoms with Crippen molar-refractivity contribution in [2.45, 2.75) is 43.2 Å². The van der Waals surface area contributed by atoms with Crippen molar-refractivity contribution in [1.29, 1.82) is 0 Å². The van der Waals surface area contributed by atoms with Crippen molar-refractivity contribution >= 4 is 17.7 Å². The standard InChI is InChI=1S/C33H31N5O4S/c39-21-24-13-15-25(16-14-24)30-19-29(22-43-33-35-36-37-38(33)28-9-5-2-6-10-28)41-32(42-30)27-17-11-23(12-18-27)20-34-31(40)26-7-3-1-4-8-26/h1-18,29-30,32,39H,19-22H2,(H,34,40)/t29-,30+,32+/m1/s1. The van der Waals surface area contributed by atoms with Crippen molar-refractivity contribution in [2.24, 2.45) is 0 Å². The molecule has 0 unspecified atom stereocenters. The Kier molecular flexibility index (Phi) is 9.19. The summed E-state index contributed by atoms with van der Waals surface area (Å²) in [4.78, 5) is 12.4. The van der Waals surface area contributed by atoms with Crippen LogP contribution in [-0.2, 0) is 22.6 Å². The number of nitrogens with zero attached hydrogens (tertiary/aromatic N) is 4. The zero-order valence-electron chi connectivity index (χ0n) is 23.3. The number of aromatic nitrogens is 4. The zero-order valence-corrected chi connectivity index (χ0v) is 24.1. The van der Waals surface area contributed by atoms with Gasteiger partial charge in [0.1, 0.15) is 0 Å². The van der Waals surface area contributed by atoms with Crippen LogP contribution >= 0.6 is 11.8 Å². The second-order valence-electron chi connectivity index (χ2n) is 10.2. The molecule has 0 saturated carbocycles. The molecule has 218 valence electrons. The monoisotopic (exact) mass is 593 g/mol. The maximum atomic E-state index is 12.4. The molecule has 1 aliphatic heterocycles. The summed E-state index contributed by atoms with van der Waals surface area (Å²) >= 11 is 1.54. The molecule has 3 atom stereocenters. The maximum Gasteiger partial charge on any atom is 0.251 e. The maximum absolute atomic E-state index is 12.4. The summed E-state index contributed by atoms with van der Waals surface area (Å²) in [5.74, 6) is 0.513. The van der Waals surface area contributed by atoms with Crippen LogP contribution in [0.2, 0.25) is 0 Å². The summed E-state index contributed by atoms with van der Waals surface area (Å²) in [6, 6.07) is 34.7. The van der Waals surface area contributed by atoms with Gasteiger partial charge < -0.3 is 19.9 Å². The van der Waals surface area contributed by atoms with Crippen LogP contribution in [0.25, 0.3) is 5.69 Å². The molecule has 2 N–H and O–H groups in total. The van der Waals surface area contributed by atoms with Crippen molar-refractivity contribution in [1.82, 2.24) is 25.5 Å². The van der Waals surface area contributed by atoms with Crippen molar-refractivity contribution in [2.75, 3.05) is 5.75 Å². The van der Waals surface area contributed by atoms with E-state index in [1.54, 1.807) is 16.8 Å². The third kappa shape index (κ3) is 7.18. The summed E-state index contributed by atoms with van der Waals surface area (Å²) in [6.07, 6.45) is -0.276. The number of carbonyl (C=O) groups excluding carboxylic acids is 1. The number of tetrazole rings is 1. The Labute approximate surface area is 253 Å². The average Bonchev–Trinajstić information content (AvgIpc) is 3.56. The van der Waals surface area contributed by atoms with E-state index in [1.807, 2.05) is 97.1 Å². The Hall–Kier alpha value is -4.35. The number of benzene rings is 4. The number of carbonyl (C=O) groups is 1. The molecule has 9 nitrogen and oxygen atoms in total. The van der Waals surface area contributed by atoms with Crippen LogP contribution in [0.3, 0.4) is 0 Å². The number of para-hydroxylation sites is 1. The number of aliphatic hydroxyl groups is 1. The van der Waals surface area contributed by atoms with Gasteiger partial charge in [0.15, 0.2) is 6.29 Å². The van der Waals surface area contributed by atoms with Crippen LogP contribution in [0.5, 0.6) is 0 Å². The van der Waals surface area contributed by atoms with Gasteiger partial charge in [-0.05, 0) is 51.4 Å². The van der Waals surface area contributed by atoms with Crippen molar-refractivity contribution in [3.05, 3.63) is 137 Å². The summed E-state index contributed by atoms with van der Waals surface area (Å²) in [6.45, 7) is 0.403. The molecular formula is C33H31N5O4S. The fraction of sp³-hybridized carbons (Fsp3) is 0.212. The van der Waals surface area contributed by atoms with Gasteiger partial charge in [-0.2, -0.15) is 4.68 Å². The fourth-order valence-electron chi connectivity index (χ4n) is 4.86. The number of thioether (sulfide) groups is 1. The summed E-state index contributed by atoms with van der Waals surface area (Å²) in [5.41, 5.74) is 5.25. The van der Waals surface area contributed by atoms with Crippen LogP contribution in [0.15, 0.2) is 114 Å². The third-order valence-corrected chi connectivity index (χ3v) is 8.25. The molecular weight excluding hydrogens is 562 g/mol. The van der Waals surface area contributed by atoms with E-state index in [4.69, 9.17) is 9.47 Å². The Balaban J connectivity index is 1.16. The first-order valence-electron chi connectivity index (χ1n) is 14.1. The van der Waals surface area contributed by atoms with E-state index in [1.165, 1.54) is 11.8 Å². The number of hydrogen-bond acceptors (Lipinski definition) is 8. The Morgan fingerprint density at radius 3 is 2.26 bits per heavy atom. The predicted molar refractivity (Wildman–Crippen MR) is 162 cm³/mol. The number of hydrogen-bond donors (Lipinski definition) is 2. The molecule has 1 aromatic heterocycles. The molecule has 1 amide bonds. The van der Waals surface area contributed by atoms with Crippen LogP contribution in [-0.4, -0.2) is 43.1 Å². The summed E-state index contributed by atoms with van der Waals surface area (Å²) in [5, 5.41) is 25.4. The number of aliphatic hydroxyl groups excluding tert-OH is 1. The lowest BCUT2D eigenvalue weighted by molar-refractivity contribution is -0.245. The molecule has 10 heteroatoms. The third-order valence-electron chi connectivity index (χ3n) is 7.20. The van der Waals surface area contributed by atoms with Crippen LogP contribution < -0.4 is 5.32 Å². The SMILES string of the molecule is O=C(NCc1ccc([C@H]2O[C@@H](CSc3nnnn3-c3ccccc3)C[C@@H](c3ccc(CO)cc3)O2)cc1)c1ccccc1. The van der Waals surface area contributed by atoms with E-state index >= 15 is 0 Å². The smallest absolute Gasteiger partial charge is 0.251 e. The minimum absolute atomic E-state index is 0.00884. The van der Waals surface area contributed by atoms with Gasteiger partial charge in [-0.1, -0.05) is 96.7 Å². The molecule has 1 aliphatic rings. The van der Waals surface area contributed by atoms with Gasteiger partial charge >= 0.3 is 0 Å². The highest BCUT2D eigenvalue weighted by Gasteiger charge is 2.32. The molecule has 5 aromatic rings. The lowest BCUT2D eigenvalue weighted by Crippen LogP contribution is -2.31. The highest BCUT2D eigenvalue weighted by molar-refractivity contribution is 7.99. The Bertz CT molecular complexity index is 1620. The van der Waals surface area contributed by atoms with Gasteiger partial charge in [-0.15, -0.1) is 5.10 Å². The van der Waals surface area contributed by atoms with E-state index < -0.39 is 6.29 Å². The first kappa shape index (κ1) is 28.8. The van der Waals surface area contributed by atoms with Gasteiger partial charge in [0.05, 0.1) is 24.5 Å². The molecule has 2 heterocycles. The minimum Gasteiger partial charge on any atom is -0.392 e. The van der Waals surface area contributed by atoms with Gasteiger partial charge in [-0.25, -0.2) is 0 Å². The summed E-state index contributed by atoms with van der Waals surface area (Å²) in [7, 11) is 0. The molecule has 1 fully saturated rings. The van der Waals surface area contributed by atoms with Gasteiger partial charge in [0, 0.05) is 29.8 Å². The Morgan fingerprint density at radius 2 is 1.53 bits per heavy atom. The van der Waals surface area contributed by atoms with Gasteiger partial charge in [0.25, 0.3) is 5.91 Å². The Morgan fingerprint density at radius 1 is 0.860 bits per heavy atom. The number of amides is 1. The van der Waals surface area contributed by atoms with E-state index in [2.05, 4.69) is 20.8 Å². The fourth-order valence-corrected chi connectivity index (χ4v) is 5.77. The first-order valence-corrected chi connectivity index (χ1v) is 15.0. The van der Waals surface area contributed by atoms with Crippen LogP contribution in [0.4, 0.5) is 0 Å². The van der Waals surface area contributed by atoms with E-state index in [0.717, 1.165) is 27.9 Å². The molecule has 0 bridgehead atoms. The largest absolute Gasteiger partial charge is 0.392 e. The van der Waals surface area contributed by atoms with Crippen molar-refractivity contribution in [3.63, 3.8) is 0 Å². The molecule has 0 radical (unpaired) electrons. The summed E-state index contributed by atoms with van der Waals surface area (Å²) < 4.78 is 14.7.